The van der Waals surface area contributed by atoms with Crippen LogP contribution in [0, 0.1) is 6.92 Å². The van der Waals surface area contributed by atoms with Gasteiger partial charge in [0.2, 0.25) is 0 Å². The third-order valence-electron chi connectivity index (χ3n) is 3.19. The fraction of sp³-hybridized carbons (Fsp3) is 0.571. The molecule has 0 radical (unpaired) electrons. The van der Waals surface area contributed by atoms with Crippen molar-refractivity contribution in [1.82, 2.24) is 5.32 Å². The molecule has 0 amide bonds. The molecule has 1 fully saturated rings. The topological polar surface area (TPSA) is 30.5 Å². The van der Waals surface area contributed by atoms with Crippen LogP contribution in [-0.2, 0) is 4.74 Å². The zero-order valence-electron chi connectivity index (χ0n) is 10.9. The highest BCUT2D eigenvalue weighted by atomic mass is 35.5. The van der Waals surface area contributed by atoms with Crippen LogP contribution in [0.3, 0.4) is 0 Å². The summed E-state index contributed by atoms with van der Waals surface area (Å²) in [7, 11) is 1.95. The van der Waals surface area contributed by atoms with E-state index in [9.17, 15) is 0 Å². The van der Waals surface area contributed by atoms with E-state index >= 15 is 0 Å². The van der Waals surface area contributed by atoms with Gasteiger partial charge in [-0.2, -0.15) is 0 Å². The number of rotatable bonds is 5. The molecule has 0 aromatic heterocycles. The summed E-state index contributed by atoms with van der Waals surface area (Å²) < 4.78 is 11.6. The summed E-state index contributed by atoms with van der Waals surface area (Å²) in [6.45, 7) is 3.50. The maximum atomic E-state index is 5.97. The van der Waals surface area contributed by atoms with Gasteiger partial charge in [-0.25, -0.2) is 0 Å². The van der Waals surface area contributed by atoms with Crippen molar-refractivity contribution in [2.45, 2.75) is 32.0 Å². The van der Waals surface area contributed by atoms with Gasteiger partial charge in [0.15, 0.2) is 0 Å². The lowest BCUT2D eigenvalue weighted by Gasteiger charge is -2.14. The molecule has 3 nitrogen and oxygen atoms in total. The first kappa shape index (κ1) is 13.7. The monoisotopic (exact) mass is 269 g/mol. The number of benzene rings is 1. The van der Waals surface area contributed by atoms with Crippen molar-refractivity contribution in [3.63, 3.8) is 0 Å². The summed E-state index contributed by atoms with van der Waals surface area (Å²) in [6.07, 6.45) is 2.71. The highest BCUT2D eigenvalue weighted by molar-refractivity contribution is 6.31. The van der Waals surface area contributed by atoms with Crippen molar-refractivity contribution >= 4 is 11.6 Å². The van der Waals surface area contributed by atoms with Crippen molar-refractivity contribution in [3.8, 4) is 5.75 Å². The lowest BCUT2D eigenvalue weighted by atomic mass is 10.2. The Balaban J connectivity index is 1.80. The van der Waals surface area contributed by atoms with Gasteiger partial charge in [-0.1, -0.05) is 11.6 Å². The van der Waals surface area contributed by atoms with E-state index in [1.165, 1.54) is 0 Å². The molecule has 0 bridgehead atoms. The highest BCUT2D eigenvalue weighted by Gasteiger charge is 2.25. The molecule has 2 rings (SSSR count). The molecule has 4 heteroatoms. The number of hydrogen-bond acceptors (Lipinski definition) is 3. The summed E-state index contributed by atoms with van der Waals surface area (Å²) in [5.41, 5.74) is 1.04. The molecule has 1 aromatic carbocycles. The zero-order chi connectivity index (χ0) is 13.0. The standard InChI is InChI=1S/C14H20ClNO2/c1-10-7-11(5-6-14(10)15)17-9-13-4-3-12(18-13)8-16-2/h5-7,12-13,16H,3-4,8-9H2,1-2H3. The smallest absolute Gasteiger partial charge is 0.119 e. The van der Waals surface area contributed by atoms with Crippen LogP contribution in [0.25, 0.3) is 0 Å². The molecule has 1 aromatic rings. The quantitative estimate of drug-likeness (QED) is 0.892. The van der Waals surface area contributed by atoms with E-state index in [4.69, 9.17) is 21.1 Å². The number of aryl methyl sites for hydroxylation is 1. The Bertz CT molecular complexity index is 397. The second-order valence-electron chi connectivity index (χ2n) is 4.74. The summed E-state index contributed by atoms with van der Waals surface area (Å²) in [6, 6.07) is 5.73. The molecule has 2 unspecified atom stereocenters. The lowest BCUT2D eigenvalue weighted by Crippen LogP contribution is -2.25. The van der Waals surface area contributed by atoms with Crippen LogP contribution < -0.4 is 10.1 Å². The molecule has 1 aliphatic rings. The number of halogens is 1. The van der Waals surface area contributed by atoms with Crippen LogP contribution in [-0.4, -0.2) is 32.4 Å². The fourth-order valence-electron chi connectivity index (χ4n) is 2.18. The normalized spacial score (nSPS) is 23.3. The Morgan fingerprint density at radius 1 is 1.39 bits per heavy atom. The third-order valence-corrected chi connectivity index (χ3v) is 3.62. The molecule has 1 N–H and O–H groups in total. The van der Waals surface area contributed by atoms with Gasteiger partial charge in [-0.05, 0) is 50.6 Å². The fourth-order valence-corrected chi connectivity index (χ4v) is 2.29. The van der Waals surface area contributed by atoms with Crippen LogP contribution in [0.1, 0.15) is 18.4 Å². The first-order valence-corrected chi connectivity index (χ1v) is 6.76. The molecular weight excluding hydrogens is 250 g/mol. The summed E-state index contributed by atoms with van der Waals surface area (Å²) in [5.74, 6) is 0.859. The Morgan fingerprint density at radius 3 is 2.89 bits per heavy atom. The van der Waals surface area contributed by atoms with Crippen LogP contribution in [0.2, 0.25) is 5.02 Å². The van der Waals surface area contributed by atoms with E-state index in [-0.39, 0.29) is 6.10 Å². The van der Waals surface area contributed by atoms with Crippen molar-refractivity contribution in [2.75, 3.05) is 20.2 Å². The number of nitrogens with one attached hydrogen (secondary N) is 1. The van der Waals surface area contributed by atoms with Crippen LogP contribution in [0.5, 0.6) is 5.75 Å². The molecule has 1 aliphatic heterocycles. The molecule has 0 saturated carbocycles. The van der Waals surface area contributed by atoms with E-state index in [1.807, 2.05) is 32.2 Å². The van der Waals surface area contributed by atoms with Gasteiger partial charge in [0, 0.05) is 11.6 Å². The Morgan fingerprint density at radius 2 is 2.17 bits per heavy atom. The van der Waals surface area contributed by atoms with Crippen LogP contribution >= 0.6 is 11.6 Å². The predicted octanol–water partition coefficient (Wildman–Crippen LogP) is 2.79. The molecule has 2 atom stereocenters. The minimum Gasteiger partial charge on any atom is -0.491 e. The Kier molecular flexibility index (Phi) is 4.87. The number of ether oxygens (including phenoxy) is 2. The molecule has 0 aliphatic carbocycles. The summed E-state index contributed by atoms with van der Waals surface area (Å²) >= 11 is 5.97. The largest absolute Gasteiger partial charge is 0.491 e. The maximum absolute atomic E-state index is 5.97. The van der Waals surface area contributed by atoms with E-state index in [1.54, 1.807) is 0 Å². The Hall–Kier alpha value is -0.770. The van der Waals surface area contributed by atoms with Gasteiger partial charge < -0.3 is 14.8 Å². The van der Waals surface area contributed by atoms with Crippen LogP contribution in [0.15, 0.2) is 18.2 Å². The molecular formula is C14H20ClNO2. The second-order valence-corrected chi connectivity index (χ2v) is 5.14. The molecule has 0 spiro atoms. The van der Waals surface area contributed by atoms with E-state index in [0.29, 0.717) is 12.7 Å². The van der Waals surface area contributed by atoms with Crippen molar-refractivity contribution in [2.24, 2.45) is 0 Å². The SMILES string of the molecule is CNCC1CCC(COc2ccc(Cl)c(C)c2)O1. The van der Waals surface area contributed by atoms with Crippen LogP contribution in [0.4, 0.5) is 0 Å². The van der Waals surface area contributed by atoms with Gasteiger partial charge in [0.05, 0.1) is 12.2 Å². The average molecular weight is 270 g/mol. The second kappa shape index (κ2) is 6.41. The van der Waals surface area contributed by atoms with Gasteiger partial charge in [-0.15, -0.1) is 0 Å². The zero-order valence-corrected chi connectivity index (χ0v) is 11.7. The van der Waals surface area contributed by atoms with E-state index in [2.05, 4.69) is 5.32 Å². The van der Waals surface area contributed by atoms with E-state index < -0.39 is 0 Å². The number of likely N-dealkylation sites (N-methyl/N-ethyl adjacent to an activating group) is 1. The highest BCUT2D eigenvalue weighted by Crippen LogP contribution is 2.23. The molecule has 1 heterocycles. The molecule has 100 valence electrons. The van der Waals surface area contributed by atoms with Crippen molar-refractivity contribution in [1.29, 1.82) is 0 Å². The first-order valence-electron chi connectivity index (χ1n) is 6.38. The summed E-state index contributed by atoms with van der Waals surface area (Å²) in [4.78, 5) is 0. The maximum Gasteiger partial charge on any atom is 0.119 e. The van der Waals surface area contributed by atoms with Crippen molar-refractivity contribution in [3.05, 3.63) is 28.8 Å². The lowest BCUT2D eigenvalue weighted by molar-refractivity contribution is 0.0193. The van der Waals surface area contributed by atoms with Gasteiger partial charge in [0.1, 0.15) is 12.4 Å². The Labute approximate surface area is 113 Å². The minimum absolute atomic E-state index is 0.208. The summed E-state index contributed by atoms with van der Waals surface area (Å²) in [5, 5.41) is 3.91. The number of hydrogen-bond donors (Lipinski definition) is 1. The van der Waals surface area contributed by atoms with Gasteiger partial charge in [-0.3, -0.25) is 0 Å². The minimum atomic E-state index is 0.208. The predicted molar refractivity (Wildman–Crippen MR) is 73.5 cm³/mol. The molecule has 1 saturated heterocycles. The van der Waals surface area contributed by atoms with Gasteiger partial charge >= 0.3 is 0 Å². The van der Waals surface area contributed by atoms with Crippen molar-refractivity contribution < 1.29 is 9.47 Å². The average Bonchev–Trinajstić information content (AvgIpc) is 2.79. The first-order chi connectivity index (χ1) is 8.69. The third kappa shape index (κ3) is 3.61. The molecule has 18 heavy (non-hydrogen) atoms. The van der Waals surface area contributed by atoms with E-state index in [0.717, 1.165) is 35.7 Å². The van der Waals surface area contributed by atoms with Gasteiger partial charge in [0.25, 0.3) is 0 Å².